The van der Waals surface area contributed by atoms with E-state index in [4.69, 9.17) is 5.11 Å². The van der Waals surface area contributed by atoms with Crippen LogP contribution in [0.5, 0.6) is 0 Å². The topological polar surface area (TPSA) is 128 Å². The number of carbonyl (C=O) groups excluding carboxylic acids is 3. The van der Waals surface area contributed by atoms with E-state index < -0.39 is 11.5 Å². The van der Waals surface area contributed by atoms with Crippen molar-refractivity contribution in [2.75, 3.05) is 13.1 Å². The van der Waals surface area contributed by atoms with Crippen molar-refractivity contribution in [1.82, 2.24) is 20.9 Å². The molecule has 2 aromatic heterocycles. The van der Waals surface area contributed by atoms with Crippen LogP contribution in [0.2, 0.25) is 0 Å². The monoisotopic (exact) mass is 696 g/mol. The predicted octanol–water partition coefficient (Wildman–Crippen LogP) is 7.59. The van der Waals surface area contributed by atoms with Crippen LogP contribution in [0.25, 0.3) is 20.2 Å². The van der Waals surface area contributed by atoms with Gasteiger partial charge in [0.25, 0.3) is 11.8 Å². The third-order valence-electron chi connectivity index (χ3n) is 9.24. The summed E-state index contributed by atoms with van der Waals surface area (Å²) >= 11 is 2.72. The Morgan fingerprint density at radius 1 is 0.857 bits per heavy atom. The molecule has 254 valence electrons. The molecule has 1 saturated heterocycles. The minimum atomic E-state index is -1.05. The molecule has 11 heteroatoms. The summed E-state index contributed by atoms with van der Waals surface area (Å²) in [6, 6.07) is 29.0. The molecule has 49 heavy (non-hydrogen) atoms. The first-order chi connectivity index (χ1) is 23.8. The van der Waals surface area contributed by atoms with E-state index in [-0.39, 0.29) is 36.5 Å². The van der Waals surface area contributed by atoms with E-state index in [0.29, 0.717) is 22.6 Å². The van der Waals surface area contributed by atoms with Gasteiger partial charge in [0.1, 0.15) is 10.4 Å². The zero-order valence-corrected chi connectivity index (χ0v) is 28.9. The van der Waals surface area contributed by atoms with Crippen molar-refractivity contribution in [2.45, 2.75) is 63.1 Å². The number of urea groups is 1. The fourth-order valence-electron chi connectivity index (χ4n) is 6.71. The maximum absolute atomic E-state index is 13.8. The molecule has 4 amide bonds. The van der Waals surface area contributed by atoms with Crippen LogP contribution in [-0.4, -0.2) is 58.5 Å². The number of piperidine rings is 1. The van der Waals surface area contributed by atoms with Gasteiger partial charge in [-0.05, 0) is 79.8 Å². The number of nitrogens with zero attached hydrogens (tertiary/aromatic N) is 1. The molecule has 0 spiro atoms. The fourth-order valence-corrected chi connectivity index (χ4v) is 8.57. The van der Waals surface area contributed by atoms with E-state index in [2.05, 4.69) is 28.1 Å². The van der Waals surface area contributed by atoms with Gasteiger partial charge in [-0.1, -0.05) is 79.6 Å². The zero-order chi connectivity index (χ0) is 34.4. The molecule has 0 bridgehead atoms. The molecule has 1 unspecified atom stereocenters. The Morgan fingerprint density at radius 3 is 2.06 bits per heavy atom. The number of amides is 4. The number of hydrogen-bond donors (Lipinski definition) is 4. The summed E-state index contributed by atoms with van der Waals surface area (Å²) in [5.74, 6) is -1.42. The van der Waals surface area contributed by atoms with Crippen molar-refractivity contribution >= 4 is 66.7 Å². The number of carboxylic acids is 1. The molecule has 2 aliphatic rings. The van der Waals surface area contributed by atoms with Crippen molar-refractivity contribution in [3.8, 4) is 0 Å². The third-order valence-corrected chi connectivity index (χ3v) is 11.5. The van der Waals surface area contributed by atoms with E-state index in [0.717, 1.165) is 52.4 Å². The number of imide groups is 1. The van der Waals surface area contributed by atoms with Gasteiger partial charge in [-0.25, -0.2) is 9.59 Å². The number of benzene rings is 3. The average Bonchev–Trinajstić information content (AvgIpc) is 3.88. The normalized spacial score (nSPS) is 18.3. The Kier molecular flexibility index (Phi) is 10.7. The van der Waals surface area contributed by atoms with Gasteiger partial charge in [-0.2, -0.15) is 0 Å². The number of nitrogens with one attached hydrogen (secondary N) is 3. The number of hydrogen-bond acceptors (Lipinski definition) is 7. The molecule has 2 fully saturated rings. The molecule has 1 aliphatic heterocycles. The second kappa shape index (κ2) is 15.3. The molecular formula is C38H40N4O5S2. The van der Waals surface area contributed by atoms with Gasteiger partial charge in [0.05, 0.1) is 4.88 Å². The summed E-state index contributed by atoms with van der Waals surface area (Å²) in [5.41, 5.74) is 0.139. The van der Waals surface area contributed by atoms with Crippen LogP contribution in [0.3, 0.4) is 0 Å². The lowest BCUT2D eigenvalue weighted by Crippen LogP contribution is -2.61. The van der Waals surface area contributed by atoms with E-state index in [1.165, 1.54) is 33.1 Å². The first-order valence-electron chi connectivity index (χ1n) is 16.7. The van der Waals surface area contributed by atoms with Gasteiger partial charge in [0, 0.05) is 28.0 Å². The smallest absolute Gasteiger partial charge is 0.345 e. The second-order valence-corrected chi connectivity index (χ2v) is 14.7. The molecule has 5 aromatic rings. The largest absolute Gasteiger partial charge is 0.477 e. The Balaban J connectivity index is 0.000000291. The van der Waals surface area contributed by atoms with Gasteiger partial charge >= 0.3 is 12.0 Å². The average molecular weight is 697 g/mol. The number of aromatic carboxylic acids is 1. The first kappa shape index (κ1) is 34.3. The fraction of sp³-hybridized carbons (Fsp3) is 0.316. The molecule has 0 radical (unpaired) electrons. The number of carboxylic acid groups (broad SMARTS) is 1. The second-order valence-electron chi connectivity index (χ2n) is 12.5. The summed E-state index contributed by atoms with van der Waals surface area (Å²) in [6.45, 7) is 2.85. The Morgan fingerprint density at radius 2 is 1.45 bits per heavy atom. The van der Waals surface area contributed by atoms with Crippen LogP contribution in [0.4, 0.5) is 4.79 Å². The lowest BCUT2D eigenvalue weighted by molar-refractivity contribution is -0.134. The first-order valence-corrected chi connectivity index (χ1v) is 18.3. The van der Waals surface area contributed by atoms with Crippen molar-refractivity contribution in [2.24, 2.45) is 0 Å². The number of fused-ring (bicyclic) bond motifs is 2. The molecule has 3 heterocycles. The third kappa shape index (κ3) is 7.85. The molecular weight excluding hydrogens is 657 g/mol. The van der Waals surface area contributed by atoms with Crippen LogP contribution in [0.1, 0.15) is 76.4 Å². The molecule has 2 atom stereocenters. The molecule has 9 nitrogen and oxygen atoms in total. The van der Waals surface area contributed by atoms with E-state index in [1.807, 2.05) is 79.7 Å². The lowest BCUT2D eigenvalue weighted by Gasteiger charge is -2.36. The van der Waals surface area contributed by atoms with E-state index >= 15 is 0 Å². The Hall–Kier alpha value is -4.58. The van der Waals surface area contributed by atoms with Crippen LogP contribution in [0.15, 0.2) is 91.0 Å². The molecule has 1 aliphatic carbocycles. The minimum Gasteiger partial charge on any atom is -0.477 e. The van der Waals surface area contributed by atoms with Gasteiger partial charge in [-0.3, -0.25) is 14.5 Å². The summed E-state index contributed by atoms with van der Waals surface area (Å²) in [6.07, 6.45) is 4.31. The van der Waals surface area contributed by atoms with Crippen LogP contribution in [-0.2, 0) is 4.79 Å². The Labute approximate surface area is 293 Å². The van der Waals surface area contributed by atoms with E-state index in [9.17, 15) is 19.2 Å². The summed E-state index contributed by atoms with van der Waals surface area (Å²) in [5, 5.41) is 20.4. The summed E-state index contributed by atoms with van der Waals surface area (Å²) in [7, 11) is 0. The molecule has 4 N–H and O–H groups in total. The SMILES string of the molecule is CCN(C(=O)NC1CCN[C@@H](c2ccccc2)C1)C(=O)C1(NC(=O)c2cc3ccccc3s2)CCCC1.O=C(O)c1cc2ccccc2s1. The highest BCUT2D eigenvalue weighted by Gasteiger charge is 2.46. The molecule has 1 saturated carbocycles. The molecule has 7 rings (SSSR count). The number of carbonyl (C=O) groups is 4. The zero-order valence-electron chi connectivity index (χ0n) is 27.3. The maximum atomic E-state index is 13.8. The molecule has 3 aromatic carbocycles. The highest BCUT2D eigenvalue weighted by Crippen LogP contribution is 2.34. The van der Waals surface area contributed by atoms with Crippen LogP contribution >= 0.6 is 22.7 Å². The van der Waals surface area contributed by atoms with Crippen molar-refractivity contribution in [3.63, 3.8) is 0 Å². The van der Waals surface area contributed by atoms with Crippen LogP contribution < -0.4 is 16.0 Å². The van der Waals surface area contributed by atoms with Crippen molar-refractivity contribution in [1.29, 1.82) is 0 Å². The predicted molar refractivity (Wildman–Crippen MR) is 195 cm³/mol. The van der Waals surface area contributed by atoms with Gasteiger partial charge in [-0.15, -0.1) is 22.7 Å². The van der Waals surface area contributed by atoms with Gasteiger partial charge in [0.15, 0.2) is 0 Å². The van der Waals surface area contributed by atoms with E-state index in [1.54, 1.807) is 6.07 Å². The minimum absolute atomic E-state index is 0.0338. The number of thiophene rings is 2. The van der Waals surface area contributed by atoms with Crippen molar-refractivity contribution in [3.05, 3.63) is 106 Å². The van der Waals surface area contributed by atoms with Gasteiger partial charge < -0.3 is 21.1 Å². The number of rotatable bonds is 7. The summed E-state index contributed by atoms with van der Waals surface area (Å²) in [4.78, 5) is 53.3. The highest BCUT2D eigenvalue weighted by atomic mass is 32.1. The van der Waals surface area contributed by atoms with Crippen LogP contribution in [0, 0.1) is 0 Å². The highest BCUT2D eigenvalue weighted by molar-refractivity contribution is 7.21. The summed E-state index contributed by atoms with van der Waals surface area (Å²) < 4.78 is 2.06. The van der Waals surface area contributed by atoms with Gasteiger partial charge in [0.2, 0.25) is 0 Å². The maximum Gasteiger partial charge on any atom is 0.345 e. The lowest BCUT2D eigenvalue weighted by atomic mass is 9.93. The Bertz CT molecular complexity index is 1880. The van der Waals surface area contributed by atoms with Crippen molar-refractivity contribution < 1.29 is 24.3 Å². The quantitative estimate of drug-likeness (QED) is 0.139. The number of likely N-dealkylation sites (N-methyl/N-ethyl adjacent to an activating group) is 1. The standard InChI is InChI=1S/C29H34N4O3S.C9H6O2S/c1-2-33(28(36)31-22-14-17-30-23(19-22)20-10-4-3-5-11-20)27(35)29(15-8-9-16-29)32-26(34)25-18-21-12-6-7-13-24(21)37-25;10-9(11)8-5-6-3-1-2-4-7(6)12-8/h3-7,10-13,18,22-23,30H,2,8-9,14-17,19H2,1H3,(H,31,36)(H,32,34);1-5H,(H,10,11)/t22?,23-;/m1./s1.